The summed E-state index contributed by atoms with van der Waals surface area (Å²) in [5, 5.41) is 3.24. The first-order valence-electron chi connectivity index (χ1n) is 9.63. The van der Waals surface area contributed by atoms with Gasteiger partial charge in [0.05, 0.1) is 11.9 Å². The number of piperidine rings is 1. The highest BCUT2D eigenvalue weighted by atomic mass is 15.1. The Balaban J connectivity index is 1.31. The molecule has 5 nitrogen and oxygen atoms in total. The first-order valence-corrected chi connectivity index (χ1v) is 9.63. The van der Waals surface area contributed by atoms with Crippen molar-refractivity contribution in [3.8, 4) is 0 Å². The fraction of sp³-hybridized carbons (Fsp3) is 0.318. The van der Waals surface area contributed by atoms with Gasteiger partial charge < -0.3 is 10.2 Å². The number of likely N-dealkylation sites (tertiary alicyclic amines) is 1. The Morgan fingerprint density at radius 2 is 1.74 bits per heavy atom. The van der Waals surface area contributed by atoms with Crippen molar-refractivity contribution in [2.75, 3.05) is 25.0 Å². The number of nitrogens with one attached hydrogen (secondary N) is 1. The van der Waals surface area contributed by atoms with Gasteiger partial charge in [-0.2, -0.15) is 0 Å². The van der Waals surface area contributed by atoms with Gasteiger partial charge in [0.1, 0.15) is 11.6 Å². The first-order chi connectivity index (χ1) is 13.4. The molecule has 1 fully saturated rings. The maximum atomic E-state index is 4.78. The van der Waals surface area contributed by atoms with Crippen LogP contribution in [0.3, 0.4) is 0 Å². The van der Waals surface area contributed by atoms with Crippen LogP contribution in [-0.2, 0) is 6.42 Å². The quantitative estimate of drug-likeness (QED) is 0.720. The Kier molecular flexibility index (Phi) is 5.70. The largest absolute Gasteiger partial charge is 0.324 e. The van der Waals surface area contributed by atoms with Crippen LogP contribution >= 0.6 is 0 Å². The molecule has 0 unspecified atom stereocenters. The number of rotatable bonds is 6. The van der Waals surface area contributed by atoms with Gasteiger partial charge in [0.25, 0.3) is 0 Å². The van der Waals surface area contributed by atoms with E-state index in [1.807, 2.05) is 24.4 Å². The van der Waals surface area contributed by atoms with Gasteiger partial charge in [0.15, 0.2) is 0 Å². The van der Waals surface area contributed by atoms with Crippen molar-refractivity contribution in [3.63, 3.8) is 0 Å². The molecule has 3 heterocycles. The molecule has 0 amide bonds. The number of hydrogen-bond donors (Lipinski definition) is 1. The summed E-state index contributed by atoms with van der Waals surface area (Å²) in [6, 6.07) is 16.5. The van der Waals surface area contributed by atoms with Crippen molar-refractivity contribution in [1.29, 1.82) is 0 Å². The fourth-order valence-corrected chi connectivity index (χ4v) is 3.59. The van der Waals surface area contributed by atoms with Crippen LogP contribution in [-0.4, -0.2) is 39.5 Å². The molecule has 1 aliphatic rings. The minimum atomic E-state index is 0.482. The first kappa shape index (κ1) is 17.6. The number of anilines is 2. The molecular formula is C22H25N5. The Morgan fingerprint density at radius 1 is 0.926 bits per heavy atom. The van der Waals surface area contributed by atoms with Crippen LogP contribution in [0.2, 0.25) is 0 Å². The van der Waals surface area contributed by atoms with E-state index >= 15 is 0 Å². The molecule has 2 aromatic heterocycles. The number of pyridine rings is 1. The predicted molar refractivity (Wildman–Crippen MR) is 108 cm³/mol. The number of benzene rings is 1. The Bertz CT molecular complexity index is 830. The van der Waals surface area contributed by atoms with Gasteiger partial charge in [0.2, 0.25) is 0 Å². The van der Waals surface area contributed by atoms with Crippen molar-refractivity contribution in [3.05, 3.63) is 78.4 Å². The average molecular weight is 359 g/mol. The highest BCUT2D eigenvalue weighted by Crippen LogP contribution is 2.27. The third kappa shape index (κ3) is 4.89. The summed E-state index contributed by atoms with van der Waals surface area (Å²) in [5.74, 6) is 2.04. The lowest BCUT2D eigenvalue weighted by Gasteiger charge is -2.31. The van der Waals surface area contributed by atoms with Crippen molar-refractivity contribution >= 4 is 11.6 Å². The molecule has 0 saturated carbocycles. The van der Waals surface area contributed by atoms with Crippen LogP contribution in [0, 0.1) is 0 Å². The lowest BCUT2D eigenvalue weighted by Crippen LogP contribution is -2.34. The fourth-order valence-electron chi connectivity index (χ4n) is 3.59. The van der Waals surface area contributed by atoms with Crippen LogP contribution in [0.25, 0.3) is 0 Å². The van der Waals surface area contributed by atoms with Crippen molar-refractivity contribution in [1.82, 2.24) is 19.9 Å². The van der Waals surface area contributed by atoms with Crippen LogP contribution < -0.4 is 5.32 Å². The molecule has 3 aromatic rings. The summed E-state index contributed by atoms with van der Waals surface area (Å²) in [6.45, 7) is 3.37. The summed E-state index contributed by atoms with van der Waals surface area (Å²) in [4.78, 5) is 16.0. The molecule has 0 aliphatic carbocycles. The molecule has 27 heavy (non-hydrogen) atoms. The second kappa shape index (κ2) is 8.73. The van der Waals surface area contributed by atoms with Crippen LogP contribution in [0.4, 0.5) is 11.6 Å². The van der Waals surface area contributed by atoms with Gasteiger partial charge in [-0.05, 0) is 50.0 Å². The van der Waals surface area contributed by atoms with Crippen molar-refractivity contribution in [2.45, 2.75) is 25.2 Å². The van der Waals surface area contributed by atoms with Gasteiger partial charge in [0, 0.05) is 24.9 Å². The van der Waals surface area contributed by atoms with Crippen LogP contribution in [0.1, 0.15) is 30.0 Å². The van der Waals surface area contributed by atoms with E-state index in [0.717, 1.165) is 56.2 Å². The molecule has 138 valence electrons. The smallest absolute Gasteiger partial charge is 0.150 e. The summed E-state index contributed by atoms with van der Waals surface area (Å²) in [6.07, 6.45) is 8.83. The van der Waals surface area contributed by atoms with E-state index in [1.165, 1.54) is 5.56 Å². The van der Waals surface area contributed by atoms with E-state index in [0.29, 0.717) is 5.92 Å². The van der Waals surface area contributed by atoms with E-state index in [9.17, 15) is 0 Å². The zero-order valence-electron chi connectivity index (χ0n) is 15.5. The third-order valence-electron chi connectivity index (χ3n) is 5.14. The minimum Gasteiger partial charge on any atom is -0.324 e. The Hall–Kier alpha value is -2.79. The molecule has 0 bridgehead atoms. The van der Waals surface area contributed by atoms with Crippen LogP contribution in [0.5, 0.6) is 0 Å². The number of nitrogens with zero attached hydrogens (tertiary/aromatic N) is 4. The van der Waals surface area contributed by atoms with Gasteiger partial charge in [-0.1, -0.05) is 36.4 Å². The van der Waals surface area contributed by atoms with E-state index < -0.39 is 0 Å². The Morgan fingerprint density at radius 3 is 2.52 bits per heavy atom. The van der Waals surface area contributed by atoms with Gasteiger partial charge >= 0.3 is 0 Å². The van der Waals surface area contributed by atoms with Crippen molar-refractivity contribution in [2.24, 2.45) is 0 Å². The lowest BCUT2D eigenvalue weighted by molar-refractivity contribution is 0.213. The van der Waals surface area contributed by atoms with E-state index in [-0.39, 0.29) is 0 Å². The average Bonchev–Trinajstić information content (AvgIpc) is 2.74. The predicted octanol–water partition coefficient (Wildman–Crippen LogP) is 4.04. The van der Waals surface area contributed by atoms with Crippen molar-refractivity contribution < 1.29 is 0 Å². The molecule has 1 aliphatic heterocycles. The summed E-state index contributed by atoms with van der Waals surface area (Å²) in [7, 11) is 0. The SMILES string of the molecule is c1ccc(CCN2CCC(c3cncc(Nc4ccccn4)n3)CC2)cc1. The van der Waals surface area contributed by atoms with Gasteiger partial charge in [-0.3, -0.25) is 4.98 Å². The molecule has 5 heteroatoms. The highest BCUT2D eigenvalue weighted by Gasteiger charge is 2.22. The number of aromatic nitrogens is 3. The lowest BCUT2D eigenvalue weighted by atomic mass is 9.93. The second-order valence-electron chi connectivity index (χ2n) is 7.02. The molecule has 4 rings (SSSR count). The van der Waals surface area contributed by atoms with Gasteiger partial charge in [-0.25, -0.2) is 9.97 Å². The molecule has 1 saturated heterocycles. The normalized spacial score (nSPS) is 15.6. The zero-order valence-corrected chi connectivity index (χ0v) is 15.5. The standard InChI is InChI=1S/C22H25N5/c1-2-6-18(7-3-1)9-13-27-14-10-19(11-15-27)20-16-23-17-22(25-20)26-21-8-4-5-12-24-21/h1-8,12,16-17,19H,9-11,13-15H2,(H,24,25,26). The summed E-state index contributed by atoms with van der Waals surface area (Å²) >= 11 is 0. The molecule has 1 aromatic carbocycles. The van der Waals surface area contributed by atoms with E-state index in [4.69, 9.17) is 4.98 Å². The molecule has 0 atom stereocenters. The highest BCUT2D eigenvalue weighted by molar-refractivity contribution is 5.50. The Labute approximate surface area is 160 Å². The maximum Gasteiger partial charge on any atom is 0.150 e. The monoisotopic (exact) mass is 359 g/mol. The molecule has 1 N–H and O–H groups in total. The molecular weight excluding hydrogens is 334 g/mol. The van der Waals surface area contributed by atoms with E-state index in [2.05, 4.69) is 50.5 Å². The topological polar surface area (TPSA) is 53.9 Å². The van der Waals surface area contributed by atoms with E-state index in [1.54, 1.807) is 12.4 Å². The second-order valence-corrected chi connectivity index (χ2v) is 7.02. The molecule has 0 spiro atoms. The van der Waals surface area contributed by atoms with Crippen LogP contribution in [0.15, 0.2) is 67.1 Å². The number of hydrogen-bond acceptors (Lipinski definition) is 5. The maximum absolute atomic E-state index is 4.78. The third-order valence-corrected chi connectivity index (χ3v) is 5.14. The van der Waals surface area contributed by atoms with Gasteiger partial charge in [-0.15, -0.1) is 0 Å². The zero-order chi connectivity index (χ0) is 18.3. The minimum absolute atomic E-state index is 0.482. The molecule has 0 radical (unpaired) electrons. The summed E-state index contributed by atoms with van der Waals surface area (Å²) in [5.41, 5.74) is 2.50. The summed E-state index contributed by atoms with van der Waals surface area (Å²) < 4.78 is 0.